The Labute approximate surface area is 138 Å². The van der Waals surface area contributed by atoms with Crippen LogP contribution in [0.5, 0.6) is 0 Å². The Hall–Kier alpha value is -2.16. The van der Waals surface area contributed by atoms with Crippen LogP contribution in [0.3, 0.4) is 0 Å². The quantitative estimate of drug-likeness (QED) is 0.772. The predicted octanol–water partition coefficient (Wildman–Crippen LogP) is 1.46. The number of nitrogens with zero attached hydrogens (tertiary/aromatic N) is 3. The summed E-state index contributed by atoms with van der Waals surface area (Å²) in [6.45, 7) is 8.05. The van der Waals surface area contributed by atoms with Gasteiger partial charge >= 0.3 is 0 Å². The van der Waals surface area contributed by atoms with Crippen molar-refractivity contribution in [1.29, 1.82) is 21.2 Å². The summed E-state index contributed by atoms with van der Waals surface area (Å²) in [5.41, 5.74) is -0.502. The number of rotatable bonds is 3. The van der Waals surface area contributed by atoms with Gasteiger partial charge < -0.3 is 10.3 Å². The molecule has 2 rings (SSSR count). The van der Waals surface area contributed by atoms with Crippen LogP contribution < -0.4 is 4.90 Å². The molecule has 0 saturated heterocycles. The molecular weight excluding hydrogens is 286 g/mol. The van der Waals surface area contributed by atoms with Gasteiger partial charge in [-0.05, 0) is 31.9 Å². The highest BCUT2D eigenvalue weighted by Crippen LogP contribution is 2.49. The van der Waals surface area contributed by atoms with Gasteiger partial charge in [0.05, 0.1) is 43.1 Å². The molecule has 0 aromatic carbocycles. The highest BCUT2D eigenvalue weighted by atomic mass is 15.2. The first-order valence-corrected chi connectivity index (χ1v) is 8.32. The topological polar surface area (TPSA) is 99.7 Å². The van der Waals surface area contributed by atoms with Crippen molar-refractivity contribution in [1.82, 2.24) is 0 Å². The molecule has 0 spiro atoms. The van der Waals surface area contributed by atoms with Crippen molar-refractivity contribution in [3.05, 3.63) is 11.6 Å². The Kier molecular flexibility index (Phi) is 4.88. The Morgan fingerprint density at radius 2 is 2.00 bits per heavy atom. The largest absolute Gasteiger partial charge is 0.329 e. The van der Waals surface area contributed by atoms with Crippen LogP contribution in [0.1, 0.15) is 33.6 Å². The van der Waals surface area contributed by atoms with Crippen LogP contribution in [0.25, 0.3) is 0 Å². The average Bonchev–Trinajstić information content (AvgIpc) is 2.56. The van der Waals surface area contributed by atoms with Crippen LogP contribution in [-0.2, 0) is 0 Å². The highest BCUT2D eigenvalue weighted by molar-refractivity contribution is 5.99. The summed E-state index contributed by atoms with van der Waals surface area (Å²) in [7, 11) is 0. The maximum absolute atomic E-state index is 9.74. The van der Waals surface area contributed by atoms with E-state index in [1.807, 2.05) is 6.92 Å². The zero-order valence-corrected chi connectivity index (χ0v) is 14.1. The van der Waals surface area contributed by atoms with Gasteiger partial charge in [0.25, 0.3) is 0 Å². The lowest BCUT2D eigenvalue weighted by Crippen LogP contribution is -3.16. The molecule has 1 aliphatic heterocycles. The van der Waals surface area contributed by atoms with E-state index in [1.165, 1.54) is 4.90 Å². The number of hydrogen-bond donors (Lipinski definition) is 2. The molecule has 0 bridgehead atoms. The van der Waals surface area contributed by atoms with E-state index < -0.39 is 11.3 Å². The summed E-state index contributed by atoms with van der Waals surface area (Å²) in [6, 6.07) is 6.87. The second kappa shape index (κ2) is 6.53. The van der Waals surface area contributed by atoms with Crippen LogP contribution in [0.15, 0.2) is 11.6 Å². The summed E-state index contributed by atoms with van der Waals surface area (Å²) >= 11 is 0. The molecule has 0 aromatic rings. The molecule has 2 aliphatic rings. The second-order valence-electron chi connectivity index (χ2n) is 6.93. The molecule has 1 heterocycles. The standard InChI is InChI=1S/C18H23N5/c1-4-5-16-15-9-23(12(2)3)7-6-13(15)14(8-19)17(22)18(16,10-20)11-21/h6,12,14-16,22H,4-5,7,9H2,1-3H3/p+1/t14-,15-,16+/m0/s1. The van der Waals surface area contributed by atoms with Crippen LogP contribution >= 0.6 is 0 Å². The smallest absolute Gasteiger partial charge is 0.185 e. The summed E-state index contributed by atoms with van der Waals surface area (Å²) < 4.78 is 0. The van der Waals surface area contributed by atoms with E-state index in [2.05, 4.69) is 38.1 Å². The third-order valence-electron chi connectivity index (χ3n) is 5.50. The van der Waals surface area contributed by atoms with Gasteiger partial charge in [-0.3, -0.25) is 0 Å². The minimum absolute atomic E-state index is 0.0149. The van der Waals surface area contributed by atoms with Crippen molar-refractivity contribution in [3.8, 4) is 18.2 Å². The SMILES string of the molecule is CCC[C@@H]1[C@H]2C[NH+](C(C)C)CC=C2[C@H](C#N)C(=N)C1(C#N)C#N. The molecule has 2 N–H and O–H groups in total. The zero-order valence-electron chi connectivity index (χ0n) is 14.1. The molecular formula is C18H24N5+. The fourth-order valence-electron chi connectivity index (χ4n) is 4.14. The molecule has 4 atom stereocenters. The van der Waals surface area contributed by atoms with Crippen molar-refractivity contribution < 1.29 is 4.90 Å². The maximum Gasteiger partial charge on any atom is 0.185 e. The molecule has 1 aliphatic carbocycles. The zero-order chi connectivity index (χ0) is 17.2. The number of hydrogen-bond acceptors (Lipinski definition) is 4. The van der Waals surface area contributed by atoms with E-state index >= 15 is 0 Å². The molecule has 120 valence electrons. The van der Waals surface area contributed by atoms with Crippen molar-refractivity contribution in [2.45, 2.75) is 39.7 Å². The second-order valence-corrected chi connectivity index (χ2v) is 6.93. The lowest BCUT2D eigenvalue weighted by Gasteiger charge is -2.46. The van der Waals surface area contributed by atoms with Crippen molar-refractivity contribution in [3.63, 3.8) is 0 Å². The van der Waals surface area contributed by atoms with Gasteiger partial charge in [-0.2, -0.15) is 15.8 Å². The van der Waals surface area contributed by atoms with E-state index in [9.17, 15) is 15.8 Å². The van der Waals surface area contributed by atoms with Crippen molar-refractivity contribution in [2.75, 3.05) is 13.1 Å². The molecule has 0 radical (unpaired) electrons. The monoisotopic (exact) mass is 310 g/mol. The summed E-state index contributed by atoms with van der Waals surface area (Å²) in [5.74, 6) is -0.875. The van der Waals surface area contributed by atoms with Gasteiger partial charge in [0.15, 0.2) is 5.41 Å². The fraction of sp³-hybridized carbons (Fsp3) is 0.667. The predicted molar refractivity (Wildman–Crippen MR) is 86.3 cm³/mol. The van der Waals surface area contributed by atoms with E-state index in [4.69, 9.17) is 5.41 Å². The Bertz CT molecular complexity index is 626. The van der Waals surface area contributed by atoms with Gasteiger partial charge in [-0.25, -0.2) is 0 Å². The Morgan fingerprint density at radius 1 is 1.35 bits per heavy atom. The molecule has 5 heteroatoms. The first-order valence-electron chi connectivity index (χ1n) is 8.32. The third kappa shape index (κ3) is 2.54. The number of quaternary nitrogens is 1. The van der Waals surface area contributed by atoms with Crippen LogP contribution in [-0.4, -0.2) is 24.8 Å². The van der Waals surface area contributed by atoms with Crippen LogP contribution in [0, 0.1) is 62.6 Å². The lowest BCUT2D eigenvalue weighted by molar-refractivity contribution is -0.921. The number of fused-ring (bicyclic) bond motifs is 1. The normalized spacial score (nSPS) is 32.2. The highest BCUT2D eigenvalue weighted by Gasteiger charge is 2.57. The van der Waals surface area contributed by atoms with E-state index in [0.717, 1.165) is 31.5 Å². The molecule has 23 heavy (non-hydrogen) atoms. The van der Waals surface area contributed by atoms with E-state index in [0.29, 0.717) is 6.04 Å². The third-order valence-corrected chi connectivity index (χ3v) is 5.50. The number of nitriles is 3. The van der Waals surface area contributed by atoms with Crippen LogP contribution in [0.4, 0.5) is 0 Å². The van der Waals surface area contributed by atoms with Crippen molar-refractivity contribution in [2.24, 2.45) is 23.2 Å². The molecule has 5 nitrogen and oxygen atoms in total. The van der Waals surface area contributed by atoms with Crippen LogP contribution in [0.2, 0.25) is 0 Å². The summed E-state index contributed by atoms with van der Waals surface area (Å²) in [5, 5.41) is 37.4. The minimum Gasteiger partial charge on any atom is -0.329 e. The number of nitrogens with one attached hydrogen (secondary N) is 2. The molecule has 1 unspecified atom stereocenters. The molecule has 0 aromatic heterocycles. The van der Waals surface area contributed by atoms with E-state index in [-0.39, 0.29) is 17.5 Å². The van der Waals surface area contributed by atoms with Gasteiger partial charge in [-0.1, -0.05) is 13.3 Å². The molecule has 1 fully saturated rings. The molecule has 1 saturated carbocycles. The van der Waals surface area contributed by atoms with E-state index in [1.54, 1.807) is 0 Å². The summed E-state index contributed by atoms with van der Waals surface area (Å²) in [6.07, 6.45) is 3.68. The van der Waals surface area contributed by atoms with Gasteiger partial charge in [0.1, 0.15) is 5.92 Å². The average molecular weight is 310 g/mol. The Balaban J connectivity index is 2.58. The Morgan fingerprint density at radius 3 is 2.48 bits per heavy atom. The van der Waals surface area contributed by atoms with Gasteiger partial charge in [-0.15, -0.1) is 0 Å². The minimum atomic E-state index is -1.46. The lowest BCUT2D eigenvalue weighted by atomic mass is 9.55. The van der Waals surface area contributed by atoms with Gasteiger partial charge in [0, 0.05) is 11.8 Å². The molecule has 0 amide bonds. The van der Waals surface area contributed by atoms with Gasteiger partial charge in [0.2, 0.25) is 0 Å². The maximum atomic E-state index is 9.74. The summed E-state index contributed by atoms with van der Waals surface area (Å²) in [4.78, 5) is 1.41. The fourth-order valence-corrected chi connectivity index (χ4v) is 4.14. The first-order chi connectivity index (χ1) is 11.0. The first kappa shape index (κ1) is 17.2. The van der Waals surface area contributed by atoms with Crippen molar-refractivity contribution >= 4 is 5.71 Å².